The Morgan fingerprint density at radius 2 is 2.11 bits per heavy atom. The van der Waals surface area contributed by atoms with E-state index in [0.29, 0.717) is 23.6 Å². The molecule has 0 bridgehead atoms. The van der Waals surface area contributed by atoms with Crippen molar-refractivity contribution in [3.63, 3.8) is 0 Å². The number of hydrogen-bond donors (Lipinski definition) is 0. The van der Waals surface area contributed by atoms with E-state index >= 15 is 0 Å². The van der Waals surface area contributed by atoms with Crippen LogP contribution in [0.4, 0.5) is 0 Å². The largest absolute Gasteiger partial charge is 0.343 e. The highest BCUT2D eigenvalue weighted by atomic mass is 35.5. The standard InChI is InChI=1S/C15H22ClNO/c1-3-17(4-2)14(18)15(10-13(15)11-16)12-8-6-5-7-9-12/h5-8,12-13H,3-4,9-11H2,1-2H3. The third-order valence-corrected chi connectivity index (χ3v) is 4.80. The number of hydrogen-bond acceptors (Lipinski definition) is 1. The van der Waals surface area contributed by atoms with E-state index in [-0.39, 0.29) is 5.41 Å². The predicted octanol–water partition coefficient (Wildman–Crippen LogP) is 3.23. The molecule has 0 radical (unpaired) electrons. The van der Waals surface area contributed by atoms with Gasteiger partial charge in [0.2, 0.25) is 5.91 Å². The van der Waals surface area contributed by atoms with Gasteiger partial charge in [-0.3, -0.25) is 4.79 Å². The van der Waals surface area contributed by atoms with Gasteiger partial charge in [-0.2, -0.15) is 0 Å². The van der Waals surface area contributed by atoms with E-state index in [1.807, 2.05) is 18.7 Å². The van der Waals surface area contributed by atoms with Gasteiger partial charge >= 0.3 is 0 Å². The van der Waals surface area contributed by atoms with Crippen LogP contribution in [0.3, 0.4) is 0 Å². The van der Waals surface area contributed by atoms with E-state index in [1.165, 1.54) is 0 Å². The van der Waals surface area contributed by atoms with Gasteiger partial charge < -0.3 is 4.90 Å². The summed E-state index contributed by atoms with van der Waals surface area (Å²) in [6, 6.07) is 0. The Bertz CT molecular complexity index is 373. The molecule has 1 saturated carbocycles. The summed E-state index contributed by atoms with van der Waals surface area (Å²) in [5.41, 5.74) is -0.213. The fraction of sp³-hybridized carbons (Fsp3) is 0.667. The van der Waals surface area contributed by atoms with Crippen molar-refractivity contribution in [3.05, 3.63) is 24.3 Å². The minimum atomic E-state index is -0.213. The van der Waals surface area contributed by atoms with Crippen molar-refractivity contribution in [1.29, 1.82) is 0 Å². The van der Waals surface area contributed by atoms with Gasteiger partial charge in [0.15, 0.2) is 0 Å². The van der Waals surface area contributed by atoms with E-state index in [0.717, 1.165) is 25.9 Å². The summed E-state index contributed by atoms with van der Waals surface area (Å²) < 4.78 is 0. The lowest BCUT2D eigenvalue weighted by Gasteiger charge is -2.31. The van der Waals surface area contributed by atoms with Gasteiger partial charge in [0, 0.05) is 19.0 Å². The van der Waals surface area contributed by atoms with Crippen LogP contribution < -0.4 is 0 Å². The molecule has 0 spiro atoms. The van der Waals surface area contributed by atoms with Crippen LogP contribution in [-0.4, -0.2) is 29.8 Å². The van der Waals surface area contributed by atoms with E-state index in [2.05, 4.69) is 24.3 Å². The van der Waals surface area contributed by atoms with Crippen molar-refractivity contribution < 1.29 is 4.79 Å². The zero-order valence-corrected chi connectivity index (χ0v) is 12.0. The molecule has 3 atom stereocenters. The summed E-state index contributed by atoms with van der Waals surface area (Å²) in [6.45, 7) is 5.67. The number of amides is 1. The molecule has 2 aliphatic carbocycles. The Kier molecular flexibility index (Phi) is 4.16. The van der Waals surface area contributed by atoms with Gasteiger partial charge in [0.1, 0.15) is 0 Å². The van der Waals surface area contributed by atoms with Gasteiger partial charge in [0.05, 0.1) is 5.41 Å². The van der Waals surface area contributed by atoms with E-state index in [1.54, 1.807) is 0 Å². The molecule has 0 aromatic heterocycles. The van der Waals surface area contributed by atoms with Crippen LogP contribution >= 0.6 is 11.6 Å². The van der Waals surface area contributed by atoms with Gasteiger partial charge in [-0.1, -0.05) is 24.3 Å². The van der Waals surface area contributed by atoms with Gasteiger partial charge in [-0.05, 0) is 38.5 Å². The molecule has 1 fully saturated rings. The quantitative estimate of drug-likeness (QED) is 0.701. The van der Waals surface area contributed by atoms with Gasteiger partial charge in [-0.15, -0.1) is 11.6 Å². The molecule has 2 nitrogen and oxygen atoms in total. The number of allylic oxidation sites excluding steroid dienone is 4. The van der Waals surface area contributed by atoms with E-state index < -0.39 is 0 Å². The Morgan fingerprint density at radius 1 is 1.39 bits per heavy atom. The zero-order chi connectivity index (χ0) is 13.2. The second-order valence-electron chi connectivity index (χ2n) is 5.23. The lowest BCUT2D eigenvalue weighted by atomic mass is 9.81. The highest BCUT2D eigenvalue weighted by molar-refractivity contribution is 6.18. The summed E-state index contributed by atoms with van der Waals surface area (Å²) in [6.07, 6.45) is 10.4. The third-order valence-electron chi connectivity index (χ3n) is 4.43. The van der Waals surface area contributed by atoms with Crippen molar-refractivity contribution in [3.8, 4) is 0 Å². The molecule has 3 heteroatoms. The number of carbonyl (C=O) groups is 1. The summed E-state index contributed by atoms with van der Waals surface area (Å²) in [5, 5.41) is 0. The summed E-state index contributed by atoms with van der Waals surface area (Å²) in [7, 11) is 0. The minimum absolute atomic E-state index is 0.213. The molecule has 0 heterocycles. The Labute approximate surface area is 115 Å². The SMILES string of the molecule is CCN(CC)C(=O)C1(C2C=CC=CC2)CC1CCl. The highest BCUT2D eigenvalue weighted by Gasteiger charge is 2.63. The Hall–Kier alpha value is -0.760. The van der Waals surface area contributed by atoms with Crippen LogP contribution in [0.15, 0.2) is 24.3 Å². The van der Waals surface area contributed by atoms with E-state index in [9.17, 15) is 4.79 Å². The van der Waals surface area contributed by atoms with E-state index in [4.69, 9.17) is 11.6 Å². The van der Waals surface area contributed by atoms with Crippen LogP contribution in [0.1, 0.15) is 26.7 Å². The second-order valence-corrected chi connectivity index (χ2v) is 5.54. The molecule has 100 valence electrons. The molecule has 0 aromatic carbocycles. The first-order chi connectivity index (χ1) is 8.70. The van der Waals surface area contributed by atoms with Crippen molar-refractivity contribution in [2.45, 2.75) is 26.7 Å². The van der Waals surface area contributed by atoms with Crippen LogP contribution in [-0.2, 0) is 4.79 Å². The zero-order valence-electron chi connectivity index (χ0n) is 11.2. The predicted molar refractivity (Wildman–Crippen MR) is 75.6 cm³/mol. The fourth-order valence-electron chi connectivity index (χ4n) is 3.18. The van der Waals surface area contributed by atoms with Crippen LogP contribution in [0, 0.1) is 17.3 Å². The number of carbonyl (C=O) groups excluding carboxylic acids is 1. The molecule has 2 rings (SSSR count). The normalized spacial score (nSPS) is 33.5. The fourth-order valence-corrected chi connectivity index (χ4v) is 3.57. The lowest BCUT2D eigenvalue weighted by molar-refractivity contribution is -0.138. The molecule has 3 unspecified atom stereocenters. The molecule has 1 amide bonds. The molecule has 2 aliphatic rings. The average molecular weight is 268 g/mol. The maximum absolute atomic E-state index is 12.8. The molecule has 0 aliphatic heterocycles. The molecule has 0 aromatic rings. The number of rotatable bonds is 5. The molecular weight excluding hydrogens is 246 g/mol. The summed E-state index contributed by atoms with van der Waals surface area (Å²) >= 11 is 6.02. The third kappa shape index (κ3) is 2.11. The summed E-state index contributed by atoms with van der Waals surface area (Å²) in [5.74, 6) is 1.59. The van der Waals surface area contributed by atoms with Gasteiger partial charge in [-0.25, -0.2) is 0 Å². The summed E-state index contributed by atoms with van der Waals surface area (Å²) in [4.78, 5) is 14.7. The highest BCUT2D eigenvalue weighted by Crippen LogP contribution is 2.61. The van der Waals surface area contributed by atoms with Crippen LogP contribution in [0.5, 0.6) is 0 Å². The topological polar surface area (TPSA) is 20.3 Å². The monoisotopic (exact) mass is 267 g/mol. The lowest BCUT2D eigenvalue weighted by Crippen LogP contribution is -2.41. The van der Waals surface area contributed by atoms with Crippen molar-refractivity contribution in [2.75, 3.05) is 19.0 Å². The Morgan fingerprint density at radius 3 is 2.56 bits per heavy atom. The first-order valence-corrected chi connectivity index (χ1v) is 7.42. The first-order valence-electron chi connectivity index (χ1n) is 6.89. The number of nitrogens with zero attached hydrogens (tertiary/aromatic N) is 1. The maximum atomic E-state index is 12.8. The maximum Gasteiger partial charge on any atom is 0.229 e. The average Bonchev–Trinajstić information content (AvgIpc) is 3.17. The van der Waals surface area contributed by atoms with Crippen molar-refractivity contribution in [2.24, 2.45) is 17.3 Å². The Balaban J connectivity index is 2.20. The smallest absolute Gasteiger partial charge is 0.229 e. The van der Waals surface area contributed by atoms with Crippen molar-refractivity contribution >= 4 is 17.5 Å². The van der Waals surface area contributed by atoms with Gasteiger partial charge in [0.25, 0.3) is 0 Å². The number of alkyl halides is 1. The second kappa shape index (κ2) is 5.48. The number of halogens is 1. The minimum Gasteiger partial charge on any atom is -0.343 e. The molecular formula is C15H22ClNO. The van der Waals surface area contributed by atoms with Crippen LogP contribution in [0.25, 0.3) is 0 Å². The van der Waals surface area contributed by atoms with Crippen molar-refractivity contribution in [1.82, 2.24) is 4.90 Å². The van der Waals surface area contributed by atoms with Crippen LogP contribution in [0.2, 0.25) is 0 Å². The first kappa shape index (κ1) is 13.7. The molecule has 0 N–H and O–H groups in total. The molecule has 0 saturated heterocycles. The molecule has 18 heavy (non-hydrogen) atoms.